The molecule has 0 aliphatic heterocycles. The first-order chi connectivity index (χ1) is 12.7. The van der Waals surface area contributed by atoms with Gasteiger partial charge in [-0.15, -0.1) is 0 Å². The number of amides is 1. The summed E-state index contributed by atoms with van der Waals surface area (Å²) in [6.45, 7) is 2.38. The van der Waals surface area contributed by atoms with E-state index in [4.69, 9.17) is 0 Å². The van der Waals surface area contributed by atoms with Gasteiger partial charge < -0.3 is 5.32 Å². The summed E-state index contributed by atoms with van der Waals surface area (Å²) in [6.07, 6.45) is 3.40. The zero-order valence-corrected chi connectivity index (χ0v) is 14.4. The number of nitrogens with one attached hydrogen (secondary N) is 1. The molecule has 3 heterocycles. The van der Waals surface area contributed by atoms with Gasteiger partial charge in [-0.1, -0.05) is 18.2 Å². The molecule has 0 aliphatic rings. The molecule has 26 heavy (non-hydrogen) atoms. The first-order valence-electron chi connectivity index (χ1n) is 8.18. The van der Waals surface area contributed by atoms with Crippen molar-refractivity contribution in [1.82, 2.24) is 35.1 Å². The van der Waals surface area contributed by atoms with Crippen LogP contribution in [0.25, 0.3) is 16.6 Å². The third kappa shape index (κ3) is 2.81. The smallest absolute Gasteiger partial charge is 0.270 e. The van der Waals surface area contributed by atoms with Gasteiger partial charge in [0, 0.05) is 19.4 Å². The minimum atomic E-state index is -0.235. The van der Waals surface area contributed by atoms with Crippen molar-refractivity contribution in [2.24, 2.45) is 0 Å². The molecule has 3 aromatic heterocycles. The maximum Gasteiger partial charge on any atom is 0.270 e. The van der Waals surface area contributed by atoms with Crippen molar-refractivity contribution in [2.45, 2.75) is 13.5 Å². The SMILES string of the molecule is CNC(=O)c1nccc2nn(Cc3nn(-c4ccccc4)nc3C)cc12. The number of aryl methyl sites for hydroxylation is 1. The molecule has 0 fully saturated rings. The van der Waals surface area contributed by atoms with Crippen LogP contribution < -0.4 is 5.32 Å². The van der Waals surface area contributed by atoms with E-state index >= 15 is 0 Å². The molecule has 4 rings (SSSR count). The molecule has 8 heteroatoms. The van der Waals surface area contributed by atoms with E-state index in [1.807, 2.05) is 43.5 Å². The van der Waals surface area contributed by atoms with Crippen molar-refractivity contribution < 1.29 is 4.79 Å². The standard InChI is InChI=1S/C18H17N7O/c1-12-16(23-25(21-12)13-6-4-3-5-7-13)11-24-10-14-15(22-24)8-9-20-17(14)18(26)19-2/h3-10H,11H2,1-2H3,(H,19,26). The molecular formula is C18H17N7O. The lowest BCUT2D eigenvalue weighted by Gasteiger charge is -1.99. The first kappa shape index (κ1) is 15.9. The van der Waals surface area contributed by atoms with E-state index in [1.165, 1.54) is 0 Å². The van der Waals surface area contributed by atoms with E-state index < -0.39 is 0 Å². The Morgan fingerprint density at radius 1 is 1.12 bits per heavy atom. The summed E-state index contributed by atoms with van der Waals surface area (Å²) in [5.41, 5.74) is 3.63. The summed E-state index contributed by atoms with van der Waals surface area (Å²) in [5.74, 6) is -0.235. The predicted octanol–water partition coefficient (Wildman–Crippen LogP) is 1.73. The van der Waals surface area contributed by atoms with E-state index in [2.05, 4.69) is 25.6 Å². The fourth-order valence-corrected chi connectivity index (χ4v) is 2.76. The summed E-state index contributed by atoms with van der Waals surface area (Å²) in [4.78, 5) is 17.8. The number of hydrogen-bond acceptors (Lipinski definition) is 5. The first-order valence-corrected chi connectivity index (χ1v) is 8.18. The zero-order valence-electron chi connectivity index (χ0n) is 14.4. The Morgan fingerprint density at radius 3 is 2.69 bits per heavy atom. The molecule has 0 aliphatic carbocycles. The molecule has 1 N–H and O–H groups in total. The molecule has 0 saturated carbocycles. The fourth-order valence-electron chi connectivity index (χ4n) is 2.76. The summed E-state index contributed by atoms with van der Waals surface area (Å²) >= 11 is 0. The average molecular weight is 347 g/mol. The van der Waals surface area contributed by atoms with Crippen LogP contribution in [0.2, 0.25) is 0 Å². The molecule has 4 aromatic rings. The number of rotatable bonds is 4. The van der Waals surface area contributed by atoms with Gasteiger partial charge in [0.1, 0.15) is 11.4 Å². The Morgan fingerprint density at radius 2 is 1.92 bits per heavy atom. The number of aromatic nitrogens is 6. The molecule has 1 amide bonds. The van der Waals surface area contributed by atoms with Crippen molar-refractivity contribution in [3.8, 4) is 5.69 Å². The summed E-state index contributed by atoms with van der Waals surface area (Å²) < 4.78 is 1.76. The van der Waals surface area contributed by atoms with Crippen molar-refractivity contribution in [3.63, 3.8) is 0 Å². The number of nitrogens with zero attached hydrogens (tertiary/aromatic N) is 6. The van der Waals surface area contributed by atoms with Gasteiger partial charge in [-0.25, -0.2) is 0 Å². The van der Waals surface area contributed by atoms with Gasteiger partial charge in [-0.2, -0.15) is 20.1 Å². The lowest BCUT2D eigenvalue weighted by atomic mass is 10.2. The highest BCUT2D eigenvalue weighted by Gasteiger charge is 2.15. The van der Waals surface area contributed by atoms with E-state index in [-0.39, 0.29) is 5.91 Å². The van der Waals surface area contributed by atoms with Gasteiger partial charge in [0.15, 0.2) is 0 Å². The average Bonchev–Trinajstić information content (AvgIpc) is 3.25. The van der Waals surface area contributed by atoms with Gasteiger partial charge in [0.05, 0.1) is 28.8 Å². The second-order valence-electron chi connectivity index (χ2n) is 5.86. The number of carbonyl (C=O) groups is 1. The van der Waals surface area contributed by atoms with Crippen LogP contribution in [0.3, 0.4) is 0 Å². The van der Waals surface area contributed by atoms with Gasteiger partial charge >= 0.3 is 0 Å². The summed E-state index contributed by atoms with van der Waals surface area (Å²) in [6, 6.07) is 11.5. The van der Waals surface area contributed by atoms with E-state index in [0.717, 1.165) is 17.1 Å². The van der Waals surface area contributed by atoms with Gasteiger partial charge in [0.25, 0.3) is 5.91 Å². The molecule has 0 atom stereocenters. The van der Waals surface area contributed by atoms with E-state index in [0.29, 0.717) is 23.1 Å². The second kappa shape index (κ2) is 6.40. The summed E-state index contributed by atoms with van der Waals surface area (Å²) in [7, 11) is 1.58. The minimum absolute atomic E-state index is 0.235. The van der Waals surface area contributed by atoms with Crippen LogP contribution in [0.1, 0.15) is 21.9 Å². The Kier molecular flexibility index (Phi) is 3.92. The van der Waals surface area contributed by atoms with Crippen molar-refractivity contribution >= 4 is 16.8 Å². The maximum atomic E-state index is 12.0. The molecule has 0 saturated heterocycles. The third-order valence-corrected chi connectivity index (χ3v) is 4.10. The topological polar surface area (TPSA) is 90.5 Å². The number of carbonyl (C=O) groups excluding carboxylic acids is 1. The number of fused-ring (bicyclic) bond motifs is 1. The molecular weight excluding hydrogens is 330 g/mol. The molecule has 0 spiro atoms. The van der Waals surface area contributed by atoms with Gasteiger partial charge in [-0.3, -0.25) is 14.5 Å². The third-order valence-electron chi connectivity index (χ3n) is 4.10. The van der Waals surface area contributed by atoms with E-state index in [9.17, 15) is 4.79 Å². The Balaban J connectivity index is 1.68. The Hall–Kier alpha value is -3.55. The Bertz CT molecular complexity index is 1080. The van der Waals surface area contributed by atoms with Crippen LogP contribution in [0.4, 0.5) is 0 Å². The van der Waals surface area contributed by atoms with Crippen LogP contribution >= 0.6 is 0 Å². The van der Waals surface area contributed by atoms with Gasteiger partial charge in [0.2, 0.25) is 0 Å². The normalized spacial score (nSPS) is 11.0. The molecule has 130 valence electrons. The molecule has 0 unspecified atom stereocenters. The number of para-hydroxylation sites is 1. The quantitative estimate of drug-likeness (QED) is 0.607. The number of hydrogen-bond donors (Lipinski definition) is 1. The minimum Gasteiger partial charge on any atom is -0.354 e. The van der Waals surface area contributed by atoms with Crippen LogP contribution in [0.15, 0.2) is 48.8 Å². The molecule has 0 radical (unpaired) electrons. The predicted molar refractivity (Wildman–Crippen MR) is 96.1 cm³/mol. The van der Waals surface area contributed by atoms with Crippen LogP contribution in [0, 0.1) is 6.92 Å². The van der Waals surface area contributed by atoms with Crippen LogP contribution in [-0.2, 0) is 6.54 Å². The monoisotopic (exact) mass is 347 g/mol. The highest BCUT2D eigenvalue weighted by molar-refractivity contribution is 6.03. The van der Waals surface area contributed by atoms with Gasteiger partial charge in [-0.05, 0) is 25.1 Å². The van der Waals surface area contributed by atoms with E-state index in [1.54, 1.807) is 28.8 Å². The fraction of sp³-hybridized carbons (Fsp3) is 0.167. The number of pyridine rings is 1. The lowest BCUT2D eigenvalue weighted by molar-refractivity contribution is 0.0960. The molecule has 8 nitrogen and oxygen atoms in total. The maximum absolute atomic E-state index is 12.0. The number of benzene rings is 1. The molecule has 1 aromatic carbocycles. The highest BCUT2D eigenvalue weighted by Crippen LogP contribution is 2.17. The van der Waals surface area contributed by atoms with Crippen molar-refractivity contribution in [2.75, 3.05) is 7.05 Å². The lowest BCUT2D eigenvalue weighted by Crippen LogP contribution is -2.19. The molecule has 0 bridgehead atoms. The largest absolute Gasteiger partial charge is 0.354 e. The second-order valence-corrected chi connectivity index (χ2v) is 5.86. The van der Waals surface area contributed by atoms with Crippen LogP contribution in [0.5, 0.6) is 0 Å². The van der Waals surface area contributed by atoms with Crippen molar-refractivity contribution in [1.29, 1.82) is 0 Å². The Labute approximate surface area is 149 Å². The van der Waals surface area contributed by atoms with Crippen molar-refractivity contribution in [3.05, 3.63) is 65.9 Å². The summed E-state index contributed by atoms with van der Waals surface area (Å²) in [5, 5.41) is 16.9. The highest BCUT2D eigenvalue weighted by atomic mass is 16.1. The van der Waals surface area contributed by atoms with Crippen LogP contribution in [-0.4, -0.2) is 42.7 Å². The zero-order chi connectivity index (χ0) is 18.1.